The lowest BCUT2D eigenvalue weighted by Gasteiger charge is -2.06. The fraction of sp³-hybridized carbons (Fsp3) is 0.0500. The van der Waals surface area contributed by atoms with Crippen LogP contribution in [-0.2, 0) is 16.6 Å². The second-order valence-electron chi connectivity index (χ2n) is 5.95. The van der Waals surface area contributed by atoms with Crippen LogP contribution in [0.4, 0.5) is 5.69 Å². The van der Waals surface area contributed by atoms with E-state index in [9.17, 15) is 18.5 Å². The minimum atomic E-state index is -4.01. The zero-order valence-electron chi connectivity index (χ0n) is 15.1. The van der Waals surface area contributed by atoms with E-state index in [1.54, 1.807) is 24.3 Å². The van der Waals surface area contributed by atoms with Crippen molar-refractivity contribution in [2.45, 2.75) is 11.5 Å². The highest BCUT2D eigenvalue weighted by Crippen LogP contribution is 2.17. The molecule has 0 saturated heterocycles. The third-order valence-corrected chi connectivity index (χ3v) is 5.07. The van der Waals surface area contributed by atoms with Gasteiger partial charge in [-0.3, -0.25) is 10.1 Å². The van der Waals surface area contributed by atoms with Gasteiger partial charge in [-0.1, -0.05) is 36.4 Å². The van der Waals surface area contributed by atoms with Crippen LogP contribution in [0.2, 0.25) is 0 Å². The second kappa shape index (κ2) is 8.98. The van der Waals surface area contributed by atoms with Crippen molar-refractivity contribution in [1.29, 1.82) is 0 Å². The molecule has 0 spiro atoms. The van der Waals surface area contributed by atoms with E-state index in [-0.39, 0.29) is 10.6 Å². The molecular formula is C20H17N3O5S. The van der Waals surface area contributed by atoms with E-state index in [1.165, 1.54) is 24.4 Å². The molecule has 1 N–H and O–H groups in total. The van der Waals surface area contributed by atoms with Crippen LogP contribution in [-0.4, -0.2) is 19.6 Å². The van der Waals surface area contributed by atoms with Crippen molar-refractivity contribution in [3.8, 4) is 5.75 Å². The van der Waals surface area contributed by atoms with Gasteiger partial charge in [-0.15, -0.1) is 0 Å². The van der Waals surface area contributed by atoms with Gasteiger partial charge in [-0.2, -0.15) is 13.5 Å². The van der Waals surface area contributed by atoms with Gasteiger partial charge < -0.3 is 4.74 Å². The standard InChI is InChI=1S/C20H17N3O5S/c24-23(25)18-7-4-8-20(13-18)29(26,27)22-21-14-16-9-11-19(12-10-16)28-15-17-5-2-1-3-6-17/h1-14,22H,15H2/b21-14+. The summed E-state index contributed by atoms with van der Waals surface area (Å²) in [6.45, 7) is 0.442. The van der Waals surface area contributed by atoms with Crippen molar-refractivity contribution < 1.29 is 18.1 Å². The molecule has 3 rings (SSSR count). The van der Waals surface area contributed by atoms with Crippen LogP contribution in [0.5, 0.6) is 5.75 Å². The molecule has 0 heterocycles. The summed E-state index contributed by atoms with van der Waals surface area (Å²) in [4.78, 5) is 11.9. The fourth-order valence-corrected chi connectivity index (χ4v) is 3.21. The normalized spacial score (nSPS) is 11.3. The highest BCUT2D eigenvalue weighted by Gasteiger charge is 2.16. The molecule has 0 amide bonds. The lowest BCUT2D eigenvalue weighted by molar-refractivity contribution is -0.385. The summed E-state index contributed by atoms with van der Waals surface area (Å²) in [6, 6.07) is 21.4. The average Bonchev–Trinajstić information content (AvgIpc) is 2.74. The Morgan fingerprint density at radius 2 is 1.72 bits per heavy atom. The van der Waals surface area contributed by atoms with E-state index in [4.69, 9.17) is 4.74 Å². The number of sulfonamides is 1. The number of nitrogens with one attached hydrogen (secondary N) is 1. The van der Waals surface area contributed by atoms with Crippen molar-refractivity contribution in [2.75, 3.05) is 0 Å². The van der Waals surface area contributed by atoms with Crippen LogP contribution in [0.3, 0.4) is 0 Å². The Labute approximate surface area is 167 Å². The quantitative estimate of drug-likeness (QED) is 0.346. The monoisotopic (exact) mass is 411 g/mol. The van der Waals surface area contributed by atoms with Gasteiger partial charge in [0.2, 0.25) is 0 Å². The van der Waals surface area contributed by atoms with Crippen LogP contribution in [0.25, 0.3) is 0 Å². The largest absolute Gasteiger partial charge is 0.489 e. The summed E-state index contributed by atoms with van der Waals surface area (Å²) in [5.74, 6) is 0.670. The number of benzene rings is 3. The minimum Gasteiger partial charge on any atom is -0.489 e. The Morgan fingerprint density at radius 1 is 1.00 bits per heavy atom. The summed E-state index contributed by atoms with van der Waals surface area (Å²) in [6.07, 6.45) is 1.33. The highest BCUT2D eigenvalue weighted by molar-refractivity contribution is 7.89. The topological polar surface area (TPSA) is 111 Å². The van der Waals surface area contributed by atoms with Crippen LogP contribution < -0.4 is 9.57 Å². The van der Waals surface area contributed by atoms with Gasteiger partial charge in [0.25, 0.3) is 15.7 Å². The molecule has 0 bridgehead atoms. The molecule has 0 unspecified atom stereocenters. The Hall–Kier alpha value is -3.72. The first kappa shape index (κ1) is 20.0. The van der Waals surface area contributed by atoms with Crippen molar-refractivity contribution in [3.05, 3.63) is 100 Å². The summed E-state index contributed by atoms with van der Waals surface area (Å²) in [5, 5.41) is 14.5. The van der Waals surface area contributed by atoms with Gasteiger partial charge in [-0.05, 0) is 41.5 Å². The number of nitro benzene ring substituents is 1. The first-order valence-electron chi connectivity index (χ1n) is 8.50. The van der Waals surface area contributed by atoms with Crippen LogP contribution >= 0.6 is 0 Å². The summed E-state index contributed by atoms with van der Waals surface area (Å²) in [5.41, 5.74) is 1.38. The third-order valence-electron chi connectivity index (χ3n) is 3.85. The fourth-order valence-electron chi connectivity index (χ4n) is 2.38. The molecule has 0 aromatic heterocycles. The Morgan fingerprint density at radius 3 is 2.41 bits per heavy atom. The molecule has 8 nitrogen and oxygen atoms in total. The van der Waals surface area contributed by atoms with Crippen molar-refractivity contribution in [1.82, 2.24) is 4.83 Å². The van der Waals surface area contributed by atoms with Gasteiger partial charge in [-0.25, -0.2) is 4.83 Å². The number of hydrogen-bond donors (Lipinski definition) is 1. The van der Waals surface area contributed by atoms with E-state index < -0.39 is 14.9 Å². The van der Waals surface area contributed by atoms with E-state index in [1.807, 2.05) is 35.2 Å². The van der Waals surface area contributed by atoms with Crippen molar-refractivity contribution >= 4 is 21.9 Å². The smallest absolute Gasteiger partial charge is 0.276 e. The van der Waals surface area contributed by atoms with Crippen LogP contribution in [0, 0.1) is 10.1 Å². The third kappa shape index (κ3) is 5.63. The zero-order chi connectivity index (χ0) is 20.7. The maximum Gasteiger partial charge on any atom is 0.276 e. The maximum absolute atomic E-state index is 12.2. The number of non-ortho nitro benzene ring substituents is 1. The maximum atomic E-state index is 12.2. The molecule has 0 fully saturated rings. The van der Waals surface area contributed by atoms with Gasteiger partial charge in [0.15, 0.2) is 0 Å². The Balaban J connectivity index is 1.59. The first-order valence-corrected chi connectivity index (χ1v) is 9.98. The lowest BCUT2D eigenvalue weighted by atomic mass is 10.2. The molecular weight excluding hydrogens is 394 g/mol. The molecule has 0 atom stereocenters. The van der Waals surface area contributed by atoms with E-state index in [2.05, 4.69) is 5.10 Å². The number of nitro groups is 1. The van der Waals surface area contributed by atoms with Gasteiger partial charge in [0, 0.05) is 12.1 Å². The Kier molecular flexibility index (Phi) is 6.20. The van der Waals surface area contributed by atoms with E-state index in [0.717, 1.165) is 11.6 Å². The van der Waals surface area contributed by atoms with Gasteiger partial charge in [0.05, 0.1) is 16.0 Å². The molecule has 0 aliphatic rings. The molecule has 29 heavy (non-hydrogen) atoms. The van der Waals surface area contributed by atoms with Crippen LogP contribution in [0.1, 0.15) is 11.1 Å². The molecule has 0 radical (unpaired) electrons. The molecule has 0 aliphatic carbocycles. The van der Waals surface area contributed by atoms with Crippen LogP contribution in [0.15, 0.2) is 88.9 Å². The number of nitrogens with zero attached hydrogens (tertiary/aromatic N) is 2. The minimum absolute atomic E-state index is 0.242. The van der Waals surface area contributed by atoms with Gasteiger partial charge >= 0.3 is 0 Å². The number of ether oxygens (including phenoxy) is 1. The highest BCUT2D eigenvalue weighted by atomic mass is 32.2. The molecule has 3 aromatic rings. The summed E-state index contributed by atoms with van der Waals surface area (Å²) in [7, 11) is -4.01. The van der Waals surface area contributed by atoms with Crippen molar-refractivity contribution in [3.63, 3.8) is 0 Å². The number of rotatable bonds is 8. The summed E-state index contributed by atoms with van der Waals surface area (Å²) < 4.78 is 30.1. The predicted octanol–water partition coefficient (Wildman–Crippen LogP) is 3.49. The molecule has 3 aromatic carbocycles. The molecule has 9 heteroatoms. The Bertz CT molecular complexity index is 1110. The van der Waals surface area contributed by atoms with E-state index in [0.29, 0.717) is 17.9 Å². The first-order chi connectivity index (χ1) is 13.9. The summed E-state index contributed by atoms with van der Waals surface area (Å²) >= 11 is 0. The SMILES string of the molecule is O=[N+]([O-])c1cccc(S(=O)(=O)N/N=C/c2ccc(OCc3ccccc3)cc2)c1. The second-order valence-corrected chi connectivity index (χ2v) is 7.61. The number of hydrogen-bond acceptors (Lipinski definition) is 6. The number of hydrazone groups is 1. The molecule has 0 saturated carbocycles. The molecule has 148 valence electrons. The molecule has 0 aliphatic heterocycles. The lowest BCUT2D eigenvalue weighted by Crippen LogP contribution is -2.18. The van der Waals surface area contributed by atoms with Gasteiger partial charge in [0.1, 0.15) is 12.4 Å². The van der Waals surface area contributed by atoms with E-state index >= 15 is 0 Å². The predicted molar refractivity (Wildman–Crippen MR) is 108 cm³/mol. The zero-order valence-corrected chi connectivity index (χ0v) is 16.0. The average molecular weight is 411 g/mol. The van der Waals surface area contributed by atoms with Crippen molar-refractivity contribution in [2.24, 2.45) is 5.10 Å².